The topological polar surface area (TPSA) is 81.7 Å². The Morgan fingerprint density at radius 3 is 1.48 bits per heavy atom. The third kappa shape index (κ3) is 3.79. The van der Waals surface area contributed by atoms with Crippen LogP contribution in [0.1, 0.15) is 5.56 Å². The van der Waals surface area contributed by atoms with Gasteiger partial charge in [0, 0.05) is 0 Å². The molecule has 1 aromatic rings. The van der Waals surface area contributed by atoms with Crippen molar-refractivity contribution in [2.24, 2.45) is 0 Å². The number of carbonyl (C=O) groups is 2. The number of carbonyl (C=O) groups excluding carboxylic acids is 2. The number of hydrogen-bond acceptors (Lipinski definition) is 4. The number of nitrogens with zero attached hydrogens (tertiary/aromatic N) is 2. The van der Waals surface area contributed by atoms with E-state index in [-0.39, 0.29) is 0 Å². The van der Waals surface area contributed by atoms with Gasteiger partial charge in [0.15, 0.2) is 0 Å². The molecule has 0 fully saturated rings. The molecule has 2 rings (SSSR count). The quantitative estimate of drug-likeness (QED) is 0.688. The van der Waals surface area contributed by atoms with Crippen molar-refractivity contribution < 1.29 is 9.59 Å². The van der Waals surface area contributed by atoms with Crippen molar-refractivity contribution in [1.29, 1.82) is 10.5 Å². The van der Waals surface area contributed by atoms with E-state index in [0.717, 1.165) is 0 Å². The van der Waals surface area contributed by atoms with Crippen LogP contribution in [0.5, 0.6) is 0 Å². The summed E-state index contributed by atoms with van der Waals surface area (Å²) in [6.07, 6.45) is 0. The first kappa shape index (κ1) is 16.7. The molecule has 4 nitrogen and oxygen atoms in total. The van der Waals surface area contributed by atoms with Crippen molar-refractivity contribution in [3.63, 3.8) is 0 Å². The van der Waals surface area contributed by atoms with Crippen LogP contribution in [0.4, 0.5) is 0 Å². The van der Waals surface area contributed by atoms with Crippen molar-refractivity contribution in [1.82, 2.24) is 0 Å². The third-order valence-electron chi connectivity index (χ3n) is 2.46. The Morgan fingerprint density at radius 1 is 0.857 bits per heavy atom. The highest BCUT2D eigenvalue weighted by Crippen LogP contribution is 2.28. The van der Waals surface area contributed by atoms with E-state index in [1.165, 1.54) is 17.7 Å². The molecule has 1 aliphatic rings. The molecular formula is C15H8Cl2N2O2. The molecule has 0 spiro atoms. The second kappa shape index (κ2) is 7.40. The third-order valence-corrected chi connectivity index (χ3v) is 3.28. The van der Waals surface area contributed by atoms with Gasteiger partial charge in [-0.15, -0.1) is 0 Å². The predicted molar refractivity (Wildman–Crippen MR) is 78.2 cm³/mol. The zero-order valence-electron chi connectivity index (χ0n) is 10.9. The average Bonchev–Trinajstić information content (AvgIpc) is 2.50. The molecule has 1 aromatic carbocycles. The minimum Gasteiger partial charge on any atom is -0.287 e. The zero-order chi connectivity index (χ0) is 16.0. The van der Waals surface area contributed by atoms with Crippen LogP contribution in [0.2, 0.25) is 0 Å². The summed E-state index contributed by atoms with van der Waals surface area (Å²) in [6.45, 7) is 2.08. The van der Waals surface area contributed by atoms with E-state index in [1.807, 2.05) is 18.2 Å². The zero-order valence-corrected chi connectivity index (χ0v) is 12.4. The minimum atomic E-state index is -0.893. The molecule has 0 amide bonds. The first-order valence-corrected chi connectivity index (χ1v) is 6.40. The normalized spacial score (nSPS) is 14.1. The molecule has 0 aliphatic heterocycles. The Morgan fingerprint density at radius 2 is 1.24 bits per heavy atom. The molecule has 0 unspecified atom stereocenters. The van der Waals surface area contributed by atoms with Gasteiger partial charge in [-0.3, -0.25) is 9.59 Å². The maximum Gasteiger partial charge on any atom is 0.218 e. The molecule has 6 heteroatoms. The molecular weight excluding hydrogens is 311 g/mol. The lowest BCUT2D eigenvalue weighted by atomic mass is 9.96. The van der Waals surface area contributed by atoms with Crippen LogP contribution in [0.3, 0.4) is 0 Å². The van der Waals surface area contributed by atoms with Crippen LogP contribution >= 0.6 is 23.2 Å². The lowest BCUT2D eigenvalue weighted by Gasteiger charge is -2.08. The molecule has 21 heavy (non-hydrogen) atoms. The monoisotopic (exact) mass is 318 g/mol. The minimum absolute atomic E-state index is 0.521. The smallest absolute Gasteiger partial charge is 0.218 e. The van der Waals surface area contributed by atoms with E-state index in [2.05, 4.69) is 19.1 Å². The number of aryl methyl sites for hydroxylation is 1. The van der Waals surface area contributed by atoms with Crippen molar-refractivity contribution in [2.45, 2.75) is 6.92 Å². The number of allylic oxidation sites excluding steroid dienone is 4. The van der Waals surface area contributed by atoms with Crippen LogP contribution in [0, 0.1) is 29.6 Å². The molecule has 1 aliphatic carbocycles. The van der Waals surface area contributed by atoms with Crippen LogP contribution in [-0.2, 0) is 9.59 Å². The SMILES string of the molecule is Cc1ccccc1.N#CC1=C(C#N)C(=O)C(Cl)=C(Cl)C1=O. The maximum absolute atomic E-state index is 11.2. The van der Waals surface area contributed by atoms with Gasteiger partial charge in [-0.25, -0.2) is 0 Å². The second-order valence-electron chi connectivity index (χ2n) is 3.91. The van der Waals surface area contributed by atoms with Crippen molar-refractivity contribution in [3.8, 4) is 12.1 Å². The van der Waals surface area contributed by atoms with Gasteiger partial charge in [-0.05, 0) is 6.92 Å². The predicted octanol–water partition coefficient (Wildman–Crippen LogP) is 3.17. The highest BCUT2D eigenvalue weighted by atomic mass is 35.5. The number of Topliss-reactive ketones (excluding diaryl/α,β-unsaturated/α-hetero) is 2. The molecule has 0 atom stereocenters. The highest BCUT2D eigenvalue weighted by Gasteiger charge is 2.33. The molecule has 104 valence electrons. The Hall–Kier alpha value is -2.40. The standard InChI is InChI=1S/C8Cl2N2O2.C7H8/c9-5-6(10)8(14)4(2-12)3(1-11)7(5)13;1-7-5-3-2-4-6-7/h;2-6H,1H3. The first-order valence-electron chi connectivity index (χ1n) is 5.64. The van der Waals surface area contributed by atoms with E-state index in [9.17, 15) is 9.59 Å². The van der Waals surface area contributed by atoms with Gasteiger partial charge in [-0.1, -0.05) is 59.1 Å². The summed E-state index contributed by atoms with van der Waals surface area (Å²) in [6, 6.07) is 13.2. The van der Waals surface area contributed by atoms with Gasteiger partial charge < -0.3 is 0 Å². The Bertz CT molecular complexity index is 691. The van der Waals surface area contributed by atoms with E-state index in [4.69, 9.17) is 33.7 Å². The number of nitriles is 2. The van der Waals surface area contributed by atoms with E-state index < -0.39 is 32.8 Å². The number of ketones is 2. The molecule has 0 bridgehead atoms. The van der Waals surface area contributed by atoms with E-state index in [0.29, 0.717) is 0 Å². The summed E-state index contributed by atoms with van der Waals surface area (Å²) >= 11 is 10.8. The van der Waals surface area contributed by atoms with Gasteiger partial charge in [0.2, 0.25) is 11.6 Å². The van der Waals surface area contributed by atoms with Crippen molar-refractivity contribution in [2.75, 3.05) is 0 Å². The largest absolute Gasteiger partial charge is 0.287 e. The Labute approximate surface area is 131 Å². The van der Waals surface area contributed by atoms with Gasteiger partial charge in [0.1, 0.15) is 33.3 Å². The summed E-state index contributed by atoms with van der Waals surface area (Å²) in [5, 5.41) is 16.0. The summed E-state index contributed by atoms with van der Waals surface area (Å²) in [5.41, 5.74) is 0.196. The number of hydrogen-bond donors (Lipinski definition) is 0. The van der Waals surface area contributed by atoms with E-state index >= 15 is 0 Å². The Balaban J connectivity index is 0.000000262. The van der Waals surface area contributed by atoms with E-state index in [1.54, 1.807) is 0 Å². The van der Waals surface area contributed by atoms with Gasteiger partial charge in [0.25, 0.3) is 0 Å². The van der Waals surface area contributed by atoms with Gasteiger partial charge >= 0.3 is 0 Å². The van der Waals surface area contributed by atoms with Crippen molar-refractivity contribution >= 4 is 34.8 Å². The van der Waals surface area contributed by atoms with Crippen LogP contribution in [0.15, 0.2) is 51.5 Å². The lowest BCUT2D eigenvalue weighted by Crippen LogP contribution is -2.18. The molecule has 0 aromatic heterocycles. The first-order chi connectivity index (χ1) is 9.93. The number of halogens is 2. The molecule has 0 heterocycles. The maximum atomic E-state index is 11.2. The summed E-state index contributed by atoms with van der Waals surface area (Å²) in [5.74, 6) is -1.79. The fourth-order valence-corrected chi connectivity index (χ4v) is 1.75. The molecule has 0 N–H and O–H groups in total. The number of benzene rings is 1. The molecule has 0 radical (unpaired) electrons. The Kier molecular flexibility index (Phi) is 5.87. The molecule has 0 saturated heterocycles. The second-order valence-corrected chi connectivity index (χ2v) is 4.67. The van der Waals surface area contributed by atoms with Crippen LogP contribution in [-0.4, -0.2) is 11.6 Å². The fraction of sp³-hybridized carbons (Fsp3) is 0.0667. The highest BCUT2D eigenvalue weighted by molar-refractivity contribution is 6.59. The average molecular weight is 319 g/mol. The summed E-state index contributed by atoms with van der Waals surface area (Å²) in [7, 11) is 0. The number of rotatable bonds is 0. The fourth-order valence-electron chi connectivity index (χ4n) is 1.39. The van der Waals surface area contributed by atoms with Crippen molar-refractivity contribution in [3.05, 3.63) is 57.1 Å². The molecule has 0 saturated carbocycles. The van der Waals surface area contributed by atoms with Crippen LogP contribution < -0.4 is 0 Å². The summed E-state index contributed by atoms with van der Waals surface area (Å²) in [4.78, 5) is 22.4. The van der Waals surface area contributed by atoms with Gasteiger partial charge in [-0.2, -0.15) is 10.5 Å². The van der Waals surface area contributed by atoms with Gasteiger partial charge in [0.05, 0.1) is 0 Å². The lowest BCUT2D eigenvalue weighted by molar-refractivity contribution is -0.115. The van der Waals surface area contributed by atoms with Crippen LogP contribution in [0.25, 0.3) is 0 Å². The summed E-state index contributed by atoms with van der Waals surface area (Å²) < 4.78 is 0.